The molecule has 4 heterocycles. The molecular formula is C95H134ClN3O12. The lowest BCUT2D eigenvalue weighted by Crippen LogP contribution is -2.57. The Morgan fingerprint density at radius 1 is 0.369 bits per heavy atom. The van der Waals surface area contributed by atoms with Crippen LogP contribution < -0.4 is 0 Å². The van der Waals surface area contributed by atoms with Crippen LogP contribution in [0.5, 0.6) is 0 Å². The second kappa shape index (κ2) is 27.1. The molecule has 15 nitrogen and oxygen atoms in total. The first kappa shape index (κ1) is 77.9. The highest BCUT2D eigenvalue weighted by Crippen LogP contribution is 2.85. The summed E-state index contributed by atoms with van der Waals surface area (Å²) in [6, 6.07) is 0. The smallest absolute Gasteiger partial charge is 0.306 e. The lowest BCUT2D eigenvalue weighted by Gasteiger charge is -2.60. The zero-order chi connectivity index (χ0) is 74.0. The van der Waals surface area contributed by atoms with E-state index in [4.69, 9.17) is 46.8 Å². The predicted molar refractivity (Wildman–Crippen MR) is 426 cm³/mol. The average molecular weight is 1550 g/mol. The SMILES string of the molecule is CCC1CC2=CC(=N)CC[C@@H]2C2CC[C@@]3(CC)C(C4CC4[C@@]34CCC(=O)O4)C12.CC[C@]12CCC3C(C(C)CC4=CC(=N)CC[C@@H]43)C1C1CC1[C@@]21CCC(=O)O1.CC[C@]12CCC3C(CCC4=C(Cl)C(=O)CC[C@@H]43)C1C1CC1[C@@]21CCC(=O)O1.CC[C@]12CCC3C(CCC4=CC(=N)CC[C@@H]43)C1C1CC1[C@@]21CCC(=O)O1.O.O.O. The number of carbonyl (C=O) groups excluding carboxylic acids is 5. The fourth-order valence-electron chi connectivity index (χ4n) is 37.0. The molecule has 4 saturated heterocycles. The van der Waals surface area contributed by atoms with E-state index < -0.39 is 0 Å². The molecule has 24 aliphatic rings. The molecule has 22 unspecified atom stereocenters. The van der Waals surface area contributed by atoms with E-state index in [9.17, 15) is 24.0 Å². The summed E-state index contributed by atoms with van der Waals surface area (Å²) >= 11 is 6.46. The molecule has 0 aromatic rings. The Hall–Kier alpha value is -4.31. The first-order chi connectivity index (χ1) is 52.2. The van der Waals surface area contributed by atoms with Gasteiger partial charge in [-0.2, -0.15) is 0 Å². The molecular weight excluding hydrogens is 1410 g/mol. The molecule has 16 heteroatoms. The van der Waals surface area contributed by atoms with Crippen LogP contribution in [0.15, 0.2) is 45.6 Å². The van der Waals surface area contributed by atoms with Crippen LogP contribution in [0, 0.1) is 192 Å². The quantitative estimate of drug-likeness (QED) is 0.174. The summed E-state index contributed by atoms with van der Waals surface area (Å²) in [7, 11) is 0. The van der Waals surface area contributed by atoms with Crippen LogP contribution in [0.3, 0.4) is 0 Å². The number of hydrogen-bond donors (Lipinski definition) is 3. The average Bonchev–Trinajstić information content (AvgIpc) is 1.50. The Bertz CT molecular complexity index is 4040. The Kier molecular flexibility index (Phi) is 19.0. The molecule has 34 atom stereocenters. The van der Waals surface area contributed by atoms with Crippen molar-refractivity contribution < 1.29 is 59.3 Å². The van der Waals surface area contributed by atoms with Crippen molar-refractivity contribution >= 4 is 58.4 Å². The van der Waals surface area contributed by atoms with Gasteiger partial charge in [0, 0.05) is 94.6 Å². The van der Waals surface area contributed by atoms with E-state index in [0.717, 1.165) is 194 Å². The second-order valence-corrected chi connectivity index (χ2v) is 42.5. The number of ketones is 1. The number of halogens is 1. The minimum Gasteiger partial charge on any atom is -0.458 e. The first-order valence-corrected chi connectivity index (χ1v) is 46.2. The van der Waals surface area contributed by atoms with Crippen LogP contribution in [-0.4, -0.2) is 85.6 Å². The van der Waals surface area contributed by atoms with Gasteiger partial charge in [-0.25, -0.2) is 0 Å². The fourth-order valence-corrected chi connectivity index (χ4v) is 37.4. The number of fused-ring (bicyclic) bond motifs is 36. The lowest BCUT2D eigenvalue weighted by molar-refractivity contribution is -0.182. The van der Waals surface area contributed by atoms with Gasteiger partial charge in [-0.3, -0.25) is 24.0 Å². The van der Waals surface area contributed by atoms with Gasteiger partial charge in [-0.1, -0.05) is 76.3 Å². The van der Waals surface area contributed by atoms with Gasteiger partial charge in [0.1, 0.15) is 22.4 Å². The number of carbonyl (C=O) groups is 5. The van der Waals surface area contributed by atoms with Crippen molar-refractivity contribution in [3.05, 3.63) is 45.6 Å². The van der Waals surface area contributed by atoms with E-state index in [2.05, 4.69) is 59.8 Å². The minimum atomic E-state index is -0.143. The van der Waals surface area contributed by atoms with Gasteiger partial charge in [0.25, 0.3) is 0 Å². The maximum absolute atomic E-state index is 12.3. The van der Waals surface area contributed by atoms with E-state index in [-0.39, 0.29) is 90.2 Å². The molecule has 9 N–H and O–H groups in total. The van der Waals surface area contributed by atoms with E-state index in [0.29, 0.717) is 78.6 Å². The molecule has 0 amide bonds. The normalized spacial score (nSPS) is 52.6. The van der Waals surface area contributed by atoms with Crippen molar-refractivity contribution in [3.8, 4) is 0 Å². The van der Waals surface area contributed by atoms with Crippen molar-refractivity contribution in [2.45, 2.75) is 314 Å². The zero-order valence-corrected chi connectivity index (χ0v) is 68.6. The second-order valence-electron chi connectivity index (χ2n) is 42.1. The summed E-state index contributed by atoms with van der Waals surface area (Å²) < 4.78 is 25.1. The molecule has 0 radical (unpaired) electrons. The summed E-state index contributed by atoms with van der Waals surface area (Å²) in [5.74, 6) is 20.0. The number of nitrogens with one attached hydrogen (secondary N) is 3. The first-order valence-electron chi connectivity index (χ1n) is 45.8. The highest BCUT2D eigenvalue weighted by atomic mass is 35.5. The third-order valence-corrected chi connectivity index (χ3v) is 40.7. The topological polar surface area (TPSA) is 288 Å². The van der Waals surface area contributed by atoms with Crippen molar-refractivity contribution in [3.63, 3.8) is 0 Å². The minimum absolute atomic E-state index is 0. The molecule has 20 aliphatic carbocycles. The summed E-state index contributed by atoms with van der Waals surface area (Å²) in [4.78, 5) is 60.9. The largest absolute Gasteiger partial charge is 0.458 e. The molecule has 20 fully saturated rings. The zero-order valence-electron chi connectivity index (χ0n) is 67.9. The number of Topliss-reactive ketones (excluding diaryl/α,β-unsaturated/α-hetero) is 1. The number of rotatable bonds is 5. The van der Waals surface area contributed by atoms with Gasteiger partial charge >= 0.3 is 23.9 Å². The molecule has 0 bridgehead atoms. The summed E-state index contributed by atoms with van der Waals surface area (Å²) in [6.45, 7) is 14.4. The van der Waals surface area contributed by atoms with E-state index in [1.165, 1.54) is 160 Å². The Balaban J connectivity index is 0.000000103. The van der Waals surface area contributed by atoms with Gasteiger partial charge in [-0.15, -0.1) is 0 Å². The summed E-state index contributed by atoms with van der Waals surface area (Å²) in [6.07, 6.45) is 50.0. The van der Waals surface area contributed by atoms with Gasteiger partial charge in [0.05, 0.1) is 5.03 Å². The summed E-state index contributed by atoms with van der Waals surface area (Å²) in [5.41, 5.74) is 9.19. The number of hydrogen-bond acceptors (Lipinski definition) is 12. The maximum atomic E-state index is 12.3. The monoisotopic (exact) mass is 1540 g/mol. The Morgan fingerprint density at radius 3 is 1.14 bits per heavy atom. The van der Waals surface area contributed by atoms with Crippen LogP contribution in [0.1, 0.15) is 292 Å². The van der Waals surface area contributed by atoms with Crippen LogP contribution in [-0.2, 0) is 42.9 Å². The van der Waals surface area contributed by atoms with Gasteiger partial charge in [-0.05, 0) is 366 Å². The van der Waals surface area contributed by atoms with Crippen LogP contribution in [0.2, 0.25) is 0 Å². The van der Waals surface area contributed by atoms with Crippen molar-refractivity contribution in [1.82, 2.24) is 0 Å². The molecule has 608 valence electrons. The number of ether oxygens (including phenoxy) is 4. The number of esters is 4. The van der Waals surface area contributed by atoms with Gasteiger partial charge in [0.2, 0.25) is 0 Å². The van der Waals surface area contributed by atoms with E-state index >= 15 is 0 Å². The van der Waals surface area contributed by atoms with Crippen molar-refractivity contribution in [2.75, 3.05) is 0 Å². The van der Waals surface area contributed by atoms with Crippen molar-refractivity contribution in [1.29, 1.82) is 16.2 Å². The molecule has 0 aromatic carbocycles. The highest BCUT2D eigenvalue weighted by Gasteiger charge is 2.84. The standard InChI is InChI=1S/C25H35NO2.C24H33NO2.C23H29ClO3.C23H31NO2.3H2O/c1-3-14-11-15-12-16(26)5-6-17(15)18-7-9-24(4-2)23(22(14)18)19-13-20(19)25(24)10-8-21(27)28-25;1-3-23-8-6-17-16-5-4-15(25)11-14(16)10-13(2)21(17)22(23)18-12-19(18)24(23)9-7-20(26)27-24;1-2-22-9-7-13-12-5-6-18(25)21(24)15(12)4-3-14(13)20(22)16-11-17(16)23(22)10-8-19(26)27-23;1-2-22-9-7-16-15-6-4-14(24)11-13(15)3-5-17(16)21(22)18-12-19(18)23(22)10-8-20(25)26-23;;;/h12,14,17-20,22-23,26H,3-11,13H2,1-2H3;11,13,16-19,21-22,25H,3-10,12H2,1-2H3;12-14,16-17,20H,2-11H2,1H3;11,15-19,21,24H,2-10,12H2,1H3;3*1H2/t14?,17-,18?,19?,20?,22?,23?,24-,25-;13?,16-,17?,18?,19?,21?,22?,23-,24-;12-,13?,14?,16?,17?,20?,22+,23+;15-,16?,17?,18?,19?,21?,22-,23-;;;/m0010.../s1. The van der Waals surface area contributed by atoms with E-state index in [1.54, 1.807) is 16.7 Å². The number of allylic oxidation sites excluding steroid dienone is 7. The highest BCUT2D eigenvalue weighted by molar-refractivity contribution is 6.43. The molecule has 0 aromatic heterocycles. The molecule has 24 rings (SSSR count). The van der Waals surface area contributed by atoms with Crippen LogP contribution in [0.25, 0.3) is 0 Å². The third-order valence-electron chi connectivity index (χ3n) is 40.3. The Morgan fingerprint density at radius 2 is 0.721 bits per heavy atom. The van der Waals surface area contributed by atoms with E-state index in [1.807, 2.05) is 0 Å². The van der Waals surface area contributed by atoms with Gasteiger partial charge in [0.15, 0.2) is 5.78 Å². The van der Waals surface area contributed by atoms with Gasteiger partial charge < -0.3 is 51.6 Å². The molecule has 4 spiro atoms. The molecule has 111 heavy (non-hydrogen) atoms. The molecule has 16 saturated carbocycles. The lowest BCUT2D eigenvalue weighted by atomic mass is 9.45. The fraction of sp³-hybridized carbons (Fsp3) is 0.832. The third kappa shape index (κ3) is 10.3. The molecule has 4 aliphatic heterocycles. The van der Waals surface area contributed by atoms with Crippen molar-refractivity contribution in [2.24, 2.45) is 176 Å². The summed E-state index contributed by atoms with van der Waals surface area (Å²) in [5, 5.41) is 25.0. The van der Waals surface area contributed by atoms with Crippen LogP contribution in [0.4, 0.5) is 0 Å². The predicted octanol–water partition coefficient (Wildman–Crippen LogP) is 18.1. The Labute approximate surface area is 665 Å². The van der Waals surface area contributed by atoms with Crippen LogP contribution >= 0.6 is 11.6 Å². The maximum Gasteiger partial charge on any atom is 0.306 e.